The van der Waals surface area contributed by atoms with Gasteiger partial charge in [0.1, 0.15) is 18.0 Å². The summed E-state index contributed by atoms with van der Waals surface area (Å²) in [6, 6.07) is 2.42. The van der Waals surface area contributed by atoms with Gasteiger partial charge in [-0.25, -0.2) is 9.97 Å². The van der Waals surface area contributed by atoms with Crippen LogP contribution in [0.25, 0.3) is 0 Å². The highest BCUT2D eigenvalue weighted by Gasteiger charge is 2.23. The Bertz CT molecular complexity index is 363. The van der Waals surface area contributed by atoms with Crippen LogP contribution in [-0.4, -0.2) is 41.3 Å². The normalized spacial score (nSPS) is 24.4. The number of nitrogens with zero attached hydrogens (tertiary/aromatic N) is 3. The quantitative estimate of drug-likeness (QED) is 0.827. The molecule has 2 rings (SSSR count). The van der Waals surface area contributed by atoms with Crippen molar-refractivity contribution in [2.24, 2.45) is 0 Å². The monoisotopic (exact) mass is 236 g/mol. The summed E-state index contributed by atoms with van der Waals surface area (Å²) in [4.78, 5) is 10.6. The third-order valence-corrected chi connectivity index (χ3v) is 3.48. The SMILES string of the molecule is CNc1cc(N(C)C2CCC(O)CC2)ncn1. The number of rotatable bonds is 3. The Labute approximate surface area is 102 Å². The van der Waals surface area contributed by atoms with Gasteiger partial charge in [-0.3, -0.25) is 0 Å². The standard InChI is InChI=1S/C12H20N4O/c1-13-11-7-12(15-8-14-11)16(2)9-3-5-10(17)6-4-9/h7-10,17H,3-6H2,1-2H3,(H,13,14,15). The summed E-state index contributed by atoms with van der Waals surface area (Å²) in [5, 5.41) is 12.5. The molecule has 0 aliphatic heterocycles. The first-order chi connectivity index (χ1) is 8.20. The molecular formula is C12H20N4O. The molecule has 0 unspecified atom stereocenters. The smallest absolute Gasteiger partial charge is 0.134 e. The van der Waals surface area contributed by atoms with E-state index in [0.29, 0.717) is 6.04 Å². The summed E-state index contributed by atoms with van der Waals surface area (Å²) in [5.41, 5.74) is 0. The molecule has 2 N–H and O–H groups in total. The second-order valence-corrected chi connectivity index (χ2v) is 4.58. The zero-order chi connectivity index (χ0) is 12.3. The summed E-state index contributed by atoms with van der Waals surface area (Å²) in [5.74, 6) is 1.77. The first-order valence-electron chi connectivity index (χ1n) is 6.11. The van der Waals surface area contributed by atoms with Gasteiger partial charge >= 0.3 is 0 Å². The molecule has 0 aromatic carbocycles. The minimum atomic E-state index is -0.113. The lowest BCUT2D eigenvalue weighted by atomic mass is 9.92. The molecule has 17 heavy (non-hydrogen) atoms. The maximum atomic E-state index is 9.51. The molecule has 0 spiro atoms. The van der Waals surface area contributed by atoms with Crippen molar-refractivity contribution < 1.29 is 5.11 Å². The predicted molar refractivity (Wildman–Crippen MR) is 68.2 cm³/mol. The van der Waals surface area contributed by atoms with Gasteiger partial charge in [0.2, 0.25) is 0 Å². The molecule has 94 valence electrons. The van der Waals surface area contributed by atoms with E-state index in [2.05, 4.69) is 27.2 Å². The van der Waals surface area contributed by atoms with Crippen molar-refractivity contribution in [2.45, 2.75) is 37.8 Å². The second kappa shape index (κ2) is 5.31. The fourth-order valence-corrected chi connectivity index (χ4v) is 2.31. The fourth-order valence-electron chi connectivity index (χ4n) is 2.31. The molecular weight excluding hydrogens is 216 g/mol. The third-order valence-electron chi connectivity index (χ3n) is 3.48. The molecule has 1 aliphatic carbocycles. The molecule has 0 radical (unpaired) electrons. The van der Waals surface area contributed by atoms with E-state index in [1.807, 2.05) is 13.1 Å². The Morgan fingerprint density at radius 2 is 2.00 bits per heavy atom. The van der Waals surface area contributed by atoms with E-state index in [-0.39, 0.29) is 6.10 Å². The van der Waals surface area contributed by atoms with Crippen LogP contribution in [0.2, 0.25) is 0 Å². The van der Waals surface area contributed by atoms with Gasteiger partial charge in [-0.05, 0) is 25.7 Å². The van der Waals surface area contributed by atoms with Gasteiger partial charge in [0, 0.05) is 26.2 Å². The zero-order valence-corrected chi connectivity index (χ0v) is 10.4. The molecule has 0 amide bonds. The Balaban J connectivity index is 2.05. The molecule has 0 bridgehead atoms. The molecule has 1 heterocycles. The van der Waals surface area contributed by atoms with Crippen LogP contribution in [0, 0.1) is 0 Å². The van der Waals surface area contributed by atoms with Gasteiger partial charge in [-0.2, -0.15) is 0 Å². The van der Waals surface area contributed by atoms with E-state index in [0.717, 1.165) is 37.3 Å². The Kier molecular flexibility index (Phi) is 3.78. The molecule has 1 aromatic heterocycles. The zero-order valence-electron chi connectivity index (χ0n) is 10.4. The van der Waals surface area contributed by atoms with Crippen LogP contribution in [0.15, 0.2) is 12.4 Å². The Morgan fingerprint density at radius 3 is 2.65 bits per heavy atom. The van der Waals surface area contributed by atoms with Crippen LogP contribution in [-0.2, 0) is 0 Å². The van der Waals surface area contributed by atoms with Crippen LogP contribution in [0.5, 0.6) is 0 Å². The topological polar surface area (TPSA) is 61.3 Å². The predicted octanol–water partition coefficient (Wildman–Crippen LogP) is 1.26. The van der Waals surface area contributed by atoms with Crippen LogP contribution >= 0.6 is 0 Å². The van der Waals surface area contributed by atoms with Crippen LogP contribution < -0.4 is 10.2 Å². The first-order valence-corrected chi connectivity index (χ1v) is 6.11. The first kappa shape index (κ1) is 12.1. The van der Waals surface area contributed by atoms with Gasteiger partial charge in [0.15, 0.2) is 0 Å². The molecule has 0 saturated heterocycles. The van der Waals surface area contributed by atoms with Crippen molar-refractivity contribution in [1.29, 1.82) is 0 Å². The highest BCUT2D eigenvalue weighted by molar-refractivity contribution is 5.48. The van der Waals surface area contributed by atoms with Crippen molar-refractivity contribution in [3.63, 3.8) is 0 Å². The minimum absolute atomic E-state index is 0.113. The molecule has 1 fully saturated rings. The number of nitrogens with one attached hydrogen (secondary N) is 1. The van der Waals surface area contributed by atoms with E-state index in [9.17, 15) is 5.11 Å². The van der Waals surface area contributed by atoms with Crippen molar-refractivity contribution >= 4 is 11.6 Å². The van der Waals surface area contributed by atoms with E-state index >= 15 is 0 Å². The molecule has 1 saturated carbocycles. The van der Waals surface area contributed by atoms with E-state index in [1.54, 1.807) is 6.33 Å². The summed E-state index contributed by atoms with van der Waals surface area (Å²) >= 11 is 0. The summed E-state index contributed by atoms with van der Waals surface area (Å²) in [7, 11) is 3.91. The maximum absolute atomic E-state index is 9.51. The van der Waals surface area contributed by atoms with Gasteiger partial charge in [-0.15, -0.1) is 0 Å². The number of hydrogen-bond acceptors (Lipinski definition) is 5. The molecule has 5 heteroatoms. The lowest BCUT2D eigenvalue weighted by Crippen LogP contribution is -2.36. The van der Waals surface area contributed by atoms with Crippen molar-refractivity contribution in [2.75, 3.05) is 24.3 Å². The largest absolute Gasteiger partial charge is 0.393 e. The van der Waals surface area contributed by atoms with Gasteiger partial charge in [0.05, 0.1) is 6.10 Å². The average Bonchev–Trinajstić information content (AvgIpc) is 2.39. The van der Waals surface area contributed by atoms with Crippen LogP contribution in [0.3, 0.4) is 0 Å². The van der Waals surface area contributed by atoms with Gasteiger partial charge in [-0.1, -0.05) is 0 Å². The van der Waals surface area contributed by atoms with Crippen LogP contribution in [0.1, 0.15) is 25.7 Å². The lowest BCUT2D eigenvalue weighted by Gasteiger charge is -2.33. The second-order valence-electron chi connectivity index (χ2n) is 4.58. The lowest BCUT2D eigenvalue weighted by molar-refractivity contribution is 0.122. The highest BCUT2D eigenvalue weighted by Crippen LogP contribution is 2.25. The van der Waals surface area contributed by atoms with E-state index in [1.165, 1.54) is 0 Å². The van der Waals surface area contributed by atoms with Crippen LogP contribution in [0.4, 0.5) is 11.6 Å². The fraction of sp³-hybridized carbons (Fsp3) is 0.667. The van der Waals surface area contributed by atoms with E-state index < -0.39 is 0 Å². The van der Waals surface area contributed by atoms with Crippen molar-refractivity contribution in [1.82, 2.24) is 9.97 Å². The van der Waals surface area contributed by atoms with Gasteiger partial charge in [0.25, 0.3) is 0 Å². The van der Waals surface area contributed by atoms with Crippen molar-refractivity contribution in [3.8, 4) is 0 Å². The Hall–Kier alpha value is -1.36. The molecule has 1 aliphatic rings. The van der Waals surface area contributed by atoms with E-state index in [4.69, 9.17) is 0 Å². The molecule has 1 aromatic rings. The third kappa shape index (κ3) is 2.85. The maximum Gasteiger partial charge on any atom is 0.134 e. The summed E-state index contributed by atoms with van der Waals surface area (Å²) in [6.45, 7) is 0. The van der Waals surface area contributed by atoms with Gasteiger partial charge < -0.3 is 15.3 Å². The number of aliphatic hydroxyl groups is 1. The number of aromatic nitrogens is 2. The molecule has 5 nitrogen and oxygen atoms in total. The number of aliphatic hydroxyl groups excluding tert-OH is 1. The highest BCUT2D eigenvalue weighted by atomic mass is 16.3. The number of anilines is 2. The number of hydrogen-bond donors (Lipinski definition) is 2. The Morgan fingerprint density at radius 1 is 1.29 bits per heavy atom. The summed E-state index contributed by atoms with van der Waals surface area (Å²) < 4.78 is 0. The average molecular weight is 236 g/mol. The summed E-state index contributed by atoms with van der Waals surface area (Å²) in [6.07, 6.45) is 5.29. The minimum Gasteiger partial charge on any atom is -0.393 e. The molecule has 0 atom stereocenters. The van der Waals surface area contributed by atoms with Crippen molar-refractivity contribution in [3.05, 3.63) is 12.4 Å².